The average Bonchev–Trinajstić information content (AvgIpc) is 2.03. The maximum atomic E-state index is 10.9. The van der Waals surface area contributed by atoms with Gasteiger partial charge in [0.1, 0.15) is 6.26 Å². The molecule has 0 aliphatic heterocycles. The molecule has 0 aromatic heterocycles. The summed E-state index contributed by atoms with van der Waals surface area (Å²) in [7, 11) is 0. The molecule has 0 spiro atoms. The van der Waals surface area contributed by atoms with Crippen molar-refractivity contribution >= 4 is 0 Å². The minimum Gasteiger partial charge on any atom is -0.569 e. The molecule has 5 nitrogen and oxygen atoms in total. The summed E-state index contributed by atoms with van der Waals surface area (Å²) < 4.78 is 0. The summed E-state index contributed by atoms with van der Waals surface area (Å²) in [5.74, 6) is 0. The van der Waals surface area contributed by atoms with Crippen LogP contribution in [0.3, 0.4) is 0 Å². The molecule has 0 N–H and O–H groups in total. The molecule has 0 aliphatic carbocycles. The number of hydrogen-bond acceptors (Lipinski definition) is 3. The normalized spacial score (nSPS) is 10.9. The summed E-state index contributed by atoms with van der Waals surface area (Å²) in [5, 5.41) is 15.5. The van der Waals surface area contributed by atoms with E-state index in [-0.39, 0.29) is 0 Å². The van der Waals surface area contributed by atoms with Crippen LogP contribution in [0.1, 0.15) is 13.8 Å². The predicted octanol–water partition coefficient (Wildman–Crippen LogP) is 1.28. The van der Waals surface area contributed by atoms with Gasteiger partial charge in [0.25, 0.3) is 0 Å². The van der Waals surface area contributed by atoms with Gasteiger partial charge in [-0.25, -0.2) is 0 Å². The highest BCUT2D eigenvalue weighted by atomic mass is 16.7. The third-order valence-corrected chi connectivity index (χ3v) is 1.16. The highest BCUT2D eigenvalue weighted by Crippen LogP contribution is 1.89. The molecule has 0 aromatic carbocycles. The van der Waals surface area contributed by atoms with Crippen molar-refractivity contribution in [2.75, 3.05) is 13.1 Å². The lowest BCUT2D eigenvalue weighted by Gasteiger charge is -2.12. The zero-order chi connectivity index (χ0) is 8.69. The van der Waals surface area contributed by atoms with Gasteiger partial charge in [0.15, 0.2) is 0 Å². The minimum absolute atomic E-state index is 0.404. The van der Waals surface area contributed by atoms with Crippen LogP contribution in [0.4, 0.5) is 0 Å². The summed E-state index contributed by atoms with van der Waals surface area (Å²) in [4.78, 5) is 4.74. The molecule has 0 rings (SSSR count). The maximum Gasteiger partial charge on any atom is 0.238 e. The lowest BCUT2D eigenvalue weighted by Crippen LogP contribution is -2.30. The number of hydrogen-bond donors (Lipinski definition) is 0. The highest BCUT2D eigenvalue weighted by Gasteiger charge is 2.05. The van der Waals surface area contributed by atoms with E-state index in [0.29, 0.717) is 18.1 Å². The lowest BCUT2D eigenvalue weighted by molar-refractivity contribution is -0.708. The van der Waals surface area contributed by atoms with Crippen molar-refractivity contribution in [2.24, 2.45) is 5.28 Å². The Labute approximate surface area is 66.1 Å². The Morgan fingerprint density at radius 3 is 2.55 bits per heavy atom. The number of hydrazine groups is 1. The molecule has 5 heteroatoms. The third-order valence-electron chi connectivity index (χ3n) is 1.16. The molecule has 0 amide bonds. The molecular formula is C6H13N3O2. The van der Waals surface area contributed by atoms with Crippen LogP contribution in [0, 0.1) is 5.21 Å². The molecule has 0 aromatic rings. The first-order chi connectivity index (χ1) is 5.26. The summed E-state index contributed by atoms with van der Waals surface area (Å²) in [6.45, 7) is 8.16. The largest absolute Gasteiger partial charge is 0.569 e. The van der Waals surface area contributed by atoms with E-state index in [4.69, 9.17) is 0 Å². The van der Waals surface area contributed by atoms with E-state index in [2.05, 4.69) is 16.7 Å². The maximum absolute atomic E-state index is 10.9. The molecule has 64 valence electrons. The van der Waals surface area contributed by atoms with Crippen LogP contribution in [0.5, 0.6) is 0 Å². The van der Waals surface area contributed by atoms with E-state index in [1.165, 1.54) is 5.01 Å². The monoisotopic (exact) mass is 159 g/mol. The topological polar surface area (TPSA) is 50.9 Å². The van der Waals surface area contributed by atoms with Gasteiger partial charge in [0, 0.05) is 0 Å². The molecule has 0 radical (unpaired) electrons. The van der Waals surface area contributed by atoms with Gasteiger partial charge in [-0.15, -0.1) is 5.01 Å². The molecule has 0 saturated heterocycles. The van der Waals surface area contributed by atoms with Crippen molar-refractivity contribution in [3.8, 4) is 0 Å². The second-order valence-electron chi connectivity index (χ2n) is 1.75. The Bertz CT molecular complexity index is 143. The Morgan fingerprint density at radius 1 is 1.64 bits per heavy atom. The molecule has 0 bridgehead atoms. The quantitative estimate of drug-likeness (QED) is 0.263. The van der Waals surface area contributed by atoms with Crippen LogP contribution < -0.4 is 0 Å². The van der Waals surface area contributed by atoms with Gasteiger partial charge in [-0.05, 0) is 13.8 Å². The van der Waals surface area contributed by atoms with Gasteiger partial charge in [-0.2, -0.15) is 0 Å². The van der Waals surface area contributed by atoms with Gasteiger partial charge in [0.2, 0.25) is 5.28 Å². The van der Waals surface area contributed by atoms with Crippen molar-refractivity contribution in [3.63, 3.8) is 0 Å². The minimum atomic E-state index is 0.404. The second-order valence-corrected chi connectivity index (χ2v) is 1.75. The van der Waals surface area contributed by atoms with Crippen molar-refractivity contribution in [2.45, 2.75) is 13.8 Å². The van der Waals surface area contributed by atoms with E-state index in [1.807, 2.05) is 13.8 Å². The fourth-order valence-corrected chi connectivity index (χ4v) is 0.591. The van der Waals surface area contributed by atoms with Crippen LogP contribution in [0.2, 0.25) is 0 Å². The Morgan fingerprint density at radius 2 is 2.18 bits per heavy atom. The Balaban J connectivity index is 3.95. The van der Waals surface area contributed by atoms with Crippen LogP contribution in [-0.4, -0.2) is 23.1 Å². The Hall–Kier alpha value is -1.26. The highest BCUT2D eigenvalue weighted by molar-refractivity contribution is 4.43. The number of nitrogens with zero attached hydrogens (tertiary/aromatic N) is 3. The molecule has 0 aliphatic rings. The predicted molar refractivity (Wildman–Crippen MR) is 40.3 cm³/mol. The molecule has 0 fully saturated rings. The first-order valence-electron chi connectivity index (χ1n) is 3.46. The Kier molecular flexibility index (Phi) is 4.89. The fraction of sp³-hybridized carbons (Fsp3) is 0.667. The lowest BCUT2D eigenvalue weighted by atomic mass is 10.6. The van der Waals surface area contributed by atoms with E-state index in [9.17, 15) is 5.21 Å². The summed E-state index contributed by atoms with van der Waals surface area (Å²) >= 11 is 0. The van der Waals surface area contributed by atoms with E-state index >= 15 is 0 Å². The zero-order valence-electron chi connectivity index (χ0n) is 6.86. The summed E-state index contributed by atoms with van der Waals surface area (Å²) in [5.41, 5.74) is 0. The van der Waals surface area contributed by atoms with Crippen LogP contribution in [0.15, 0.2) is 18.1 Å². The smallest absolute Gasteiger partial charge is 0.238 e. The second kappa shape index (κ2) is 5.52. The zero-order valence-corrected chi connectivity index (χ0v) is 6.86. The SMILES string of the molecule is C=CO/N=[N+](\[O-])N(CC)CC. The van der Waals surface area contributed by atoms with Crippen molar-refractivity contribution in [1.29, 1.82) is 0 Å². The first kappa shape index (κ1) is 9.74. The standard InChI is InChI=1S/C6H13N3O2/c1-4-8(5-2)9(10)7-11-6-3/h6H,3-5H2,1-2H3/b9-7-. The van der Waals surface area contributed by atoms with Crippen LogP contribution in [0.25, 0.3) is 0 Å². The van der Waals surface area contributed by atoms with Crippen molar-refractivity contribution < 1.29 is 9.81 Å². The van der Waals surface area contributed by atoms with Gasteiger partial charge >= 0.3 is 0 Å². The molecule has 0 atom stereocenters. The van der Waals surface area contributed by atoms with E-state index < -0.39 is 0 Å². The van der Waals surface area contributed by atoms with E-state index in [1.54, 1.807) is 0 Å². The molecule has 0 unspecified atom stereocenters. The molecular weight excluding hydrogens is 146 g/mol. The average molecular weight is 159 g/mol. The first-order valence-corrected chi connectivity index (χ1v) is 3.46. The van der Waals surface area contributed by atoms with Gasteiger partial charge in [-0.3, -0.25) is 0 Å². The van der Waals surface area contributed by atoms with Crippen LogP contribution in [-0.2, 0) is 4.84 Å². The fourth-order valence-electron chi connectivity index (χ4n) is 0.591. The summed E-state index contributed by atoms with van der Waals surface area (Å²) in [6.07, 6.45) is 1.09. The van der Waals surface area contributed by atoms with Crippen LogP contribution >= 0.6 is 0 Å². The third kappa shape index (κ3) is 3.44. The van der Waals surface area contributed by atoms with Gasteiger partial charge in [-0.1, -0.05) is 6.58 Å². The van der Waals surface area contributed by atoms with Crippen molar-refractivity contribution in [3.05, 3.63) is 18.0 Å². The van der Waals surface area contributed by atoms with Crippen molar-refractivity contribution in [1.82, 2.24) is 5.01 Å². The van der Waals surface area contributed by atoms with E-state index in [0.717, 1.165) is 6.26 Å². The molecule has 0 saturated carbocycles. The summed E-state index contributed by atoms with van der Waals surface area (Å²) in [6, 6.07) is 0. The van der Waals surface area contributed by atoms with Gasteiger partial charge < -0.3 is 10.0 Å². The molecule has 0 heterocycles. The number of rotatable bonds is 5. The van der Waals surface area contributed by atoms with Gasteiger partial charge in [0.05, 0.1) is 18.1 Å². The molecule has 11 heavy (non-hydrogen) atoms.